The summed E-state index contributed by atoms with van der Waals surface area (Å²) in [4.78, 5) is 31.6. The minimum absolute atomic E-state index is 0.133. The number of nitrogens with one attached hydrogen (secondary N) is 1. The van der Waals surface area contributed by atoms with Crippen molar-refractivity contribution in [3.63, 3.8) is 0 Å². The Morgan fingerprint density at radius 3 is 2.76 bits per heavy atom. The highest BCUT2D eigenvalue weighted by Gasteiger charge is 2.41. The molecule has 0 aliphatic carbocycles. The van der Waals surface area contributed by atoms with Crippen LogP contribution in [0.5, 0.6) is 0 Å². The number of anilines is 2. The van der Waals surface area contributed by atoms with Crippen molar-refractivity contribution in [1.82, 2.24) is 20.3 Å². The molecular weight excluding hydrogens is 472 g/mol. The number of carbonyl (C=O) groups excluding carboxylic acids is 1. The molecule has 0 radical (unpaired) electrons. The number of hydrogen-bond acceptors (Lipinski definition) is 9. The molecule has 0 saturated carbocycles. The zero-order valence-corrected chi connectivity index (χ0v) is 21.3. The zero-order valence-electron chi connectivity index (χ0n) is 21.3. The molecule has 0 unspecified atom stereocenters. The number of pyridine rings is 1. The van der Waals surface area contributed by atoms with E-state index in [1.54, 1.807) is 13.1 Å². The topological polar surface area (TPSA) is 102 Å². The summed E-state index contributed by atoms with van der Waals surface area (Å²) >= 11 is 0. The van der Waals surface area contributed by atoms with E-state index in [1.165, 1.54) is 0 Å². The van der Waals surface area contributed by atoms with Crippen molar-refractivity contribution in [2.75, 3.05) is 62.9 Å². The van der Waals surface area contributed by atoms with Gasteiger partial charge in [0, 0.05) is 37.7 Å². The summed E-state index contributed by atoms with van der Waals surface area (Å²) in [5, 5.41) is 3.57. The third-order valence-corrected chi connectivity index (χ3v) is 7.33. The number of hydrogen-bond donors (Lipinski definition) is 1. The average Bonchev–Trinajstić information content (AvgIpc) is 3.39. The molecule has 194 valence electrons. The van der Waals surface area contributed by atoms with Gasteiger partial charge in [-0.15, -0.1) is 0 Å². The van der Waals surface area contributed by atoms with Gasteiger partial charge in [-0.25, -0.2) is 4.98 Å². The van der Waals surface area contributed by atoms with Crippen molar-refractivity contribution < 1.29 is 19.0 Å². The molecule has 1 N–H and O–H groups in total. The Kier molecular flexibility index (Phi) is 6.39. The van der Waals surface area contributed by atoms with Gasteiger partial charge in [-0.3, -0.25) is 4.79 Å². The Hall–Kier alpha value is -3.34. The molecule has 10 nitrogen and oxygen atoms in total. The molecule has 3 fully saturated rings. The lowest BCUT2D eigenvalue weighted by molar-refractivity contribution is -0.161. The van der Waals surface area contributed by atoms with Crippen molar-refractivity contribution >= 4 is 28.7 Å². The molecule has 2 aromatic heterocycles. The number of benzene rings is 1. The molecule has 3 saturated heterocycles. The maximum absolute atomic E-state index is 12.2. The molecule has 0 bridgehead atoms. The van der Waals surface area contributed by atoms with E-state index in [9.17, 15) is 4.79 Å². The van der Waals surface area contributed by atoms with E-state index in [-0.39, 0.29) is 11.9 Å². The summed E-state index contributed by atoms with van der Waals surface area (Å²) < 4.78 is 17.7. The summed E-state index contributed by atoms with van der Waals surface area (Å²) in [6.07, 6.45) is 1.80. The second-order valence-corrected chi connectivity index (χ2v) is 9.82. The van der Waals surface area contributed by atoms with Gasteiger partial charge in [0.05, 0.1) is 50.1 Å². The normalized spacial score (nSPS) is 21.5. The molecule has 37 heavy (non-hydrogen) atoms. The largest absolute Gasteiger partial charge is 0.377 e. The van der Waals surface area contributed by atoms with Crippen molar-refractivity contribution in [1.29, 1.82) is 0 Å². The fraction of sp³-hybridized carbons (Fsp3) is 0.481. The molecule has 1 aromatic carbocycles. The van der Waals surface area contributed by atoms with E-state index in [2.05, 4.69) is 22.0 Å². The lowest BCUT2D eigenvalue weighted by atomic mass is 10.0. The SMILES string of the molecule is CNC(=O)c1cccc(-c2ccc3c(N4CCOC[C@@H]4C)nc(N4CCCC5(C4)OCCO5)nc3n2)c1. The van der Waals surface area contributed by atoms with Gasteiger partial charge in [0.2, 0.25) is 5.95 Å². The highest BCUT2D eigenvalue weighted by Crippen LogP contribution is 2.35. The van der Waals surface area contributed by atoms with Crippen LogP contribution in [0, 0.1) is 0 Å². The van der Waals surface area contributed by atoms with E-state index in [1.807, 2.05) is 30.3 Å². The number of nitrogens with zero attached hydrogens (tertiary/aromatic N) is 5. The molecule has 5 heterocycles. The minimum atomic E-state index is -0.585. The number of rotatable bonds is 4. The van der Waals surface area contributed by atoms with Crippen molar-refractivity contribution in [3.05, 3.63) is 42.0 Å². The third kappa shape index (κ3) is 4.60. The van der Waals surface area contributed by atoms with Gasteiger partial charge in [-0.05, 0) is 37.6 Å². The predicted molar refractivity (Wildman–Crippen MR) is 140 cm³/mol. The molecule has 6 rings (SSSR count). The lowest BCUT2D eigenvalue weighted by Crippen LogP contribution is -2.50. The highest BCUT2D eigenvalue weighted by atomic mass is 16.7. The number of aromatic nitrogens is 3. The molecule has 10 heteroatoms. The van der Waals surface area contributed by atoms with Crippen LogP contribution in [0.2, 0.25) is 0 Å². The maximum atomic E-state index is 12.2. The fourth-order valence-corrected chi connectivity index (χ4v) is 5.40. The fourth-order valence-electron chi connectivity index (χ4n) is 5.40. The first-order valence-corrected chi connectivity index (χ1v) is 12.9. The van der Waals surface area contributed by atoms with Crippen LogP contribution < -0.4 is 15.1 Å². The van der Waals surface area contributed by atoms with Crippen LogP contribution in [-0.4, -0.2) is 85.8 Å². The minimum Gasteiger partial charge on any atom is -0.377 e. The predicted octanol–water partition coefficient (Wildman–Crippen LogP) is 2.62. The summed E-state index contributed by atoms with van der Waals surface area (Å²) in [5.74, 6) is 0.773. The second-order valence-electron chi connectivity index (χ2n) is 9.82. The molecule has 1 spiro atoms. The van der Waals surface area contributed by atoms with E-state index in [0.29, 0.717) is 50.1 Å². The first kappa shape index (κ1) is 24.0. The van der Waals surface area contributed by atoms with Gasteiger partial charge < -0.3 is 29.3 Å². The number of fused-ring (bicyclic) bond motifs is 1. The number of ether oxygens (including phenoxy) is 3. The smallest absolute Gasteiger partial charge is 0.251 e. The highest BCUT2D eigenvalue weighted by molar-refractivity contribution is 5.95. The monoisotopic (exact) mass is 504 g/mol. The molecular formula is C27H32N6O4. The Morgan fingerprint density at radius 2 is 1.95 bits per heavy atom. The maximum Gasteiger partial charge on any atom is 0.251 e. The standard InChI is InChI=1S/C27H32N6O4/c1-18-16-35-12-11-33(18)24-21-7-8-22(19-5-3-6-20(15-19)25(34)28-2)29-23(21)30-26(31-24)32-10-4-9-27(17-32)36-13-14-37-27/h3,5-8,15,18H,4,9-14,16-17H2,1-2H3,(H,28,34)/t18-/m0/s1. The van der Waals surface area contributed by atoms with Gasteiger partial charge in [-0.2, -0.15) is 9.97 Å². The first-order chi connectivity index (χ1) is 18.0. The molecule has 3 aliphatic rings. The number of morpholine rings is 1. The van der Waals surface area contributed by atoms with Crippen molar-refractivity contribution in [2.45, 2.75) is 31.6 Å². The van der Waals surface area contributed by atoms with Gasteiger partial charge in [0.15, 0.2) is 11.4 Å². The summed E-state index contributed by atoms with van der Waals surface area (Å²) in [6, 6.07) is 11.7. The molecule has 1 atom stereocenters. The van der Waals surface area contributed by atoms with Gasteiger partial charge in [0.1, 0.15) is 5.82 Å². The van der Waals surface area contributed by atoms with E-state index in [0.717, 1.165) is 48.4 Å². The zero-order chi connectivity index (χ0) is 25.4. The number of piperidine rings is 1. The van der Waals surface area contributed by atoms with Crippen LogP contribution in [0.25, 0.3) is 22.3 Å². The molecule has 1 amide bonds. The lowest BCUT2D eigenvalue weighted by Gasteiger charge is -2.39. The summed E-state index contributed by atoms with van der Waals surface area (Å²) in [7, 11) is 1.63. The number of carbonyl (C=O) groups is 1. The van der Waals surface area contributed by atoms with E-state index < -0.39 is 5.79 Å². The Morgan fingerprint density at radius 1 is 1.08 bits per heavy atom. The summed E-state index contributed by atoms with van der Waals surface area (Å²) in [6.45, 7) is 6.83. The van der Waals surface area contributed by atoms with Crippen molar-refractivity contribution in [3.8, 4) is 11.3 Å². The Labute approximate surface area is 215 Å². The quantitative estimate of drug-likeness (QED) is 0.574. The Balaban J connectivity index is 1.44. The van der Waals surface area contributed by atoms with Gasteiger partial charge in [-0.1, -0.05) is 12.1 Å². The van der Waals surface area contributed by atoms with Gasteiger partial charge >= 0.3 is 0 Å². The van der Waals surface area contributed by atoms with Crippen LogP contribution in [0.4, 0.5) is 11.8 Å². The van der Waals surface area contributed by atoms with E-state index >= 15 is 0 Å². The van der Waals surface area contributed by atoms with Crippen LogP contribution in [0.3, 0.4) is 0 Å². The second kappa shape index (κ2) is 9.85. The molecule has 3 aliphatic heterocycles. The number of amides is 1. The third-order valence-electron chi connectivity index (χ3n) is 7.33. The summed E-state index contributed by atoms with van der Waals surface area (Å²) in [5.41, 5.74) is 2.81. The van der Waals surface area contributed by atoms with Crippen LogP contribution in [0.1, 0.15) is 30.1 Å². The Bertz CT molecular complexity index is 1310. The van der Waals surface area contributed by atoms with Gasteiger partial charge in [0.25, 0.3) is 5.91 Å². The van der Waals surface area contributed by atoms with Crippen LogP contribution in [0.15, 0.2) is 36.4 Å². The average molecular weight is 505 g/mol. The van der Waals surface area contributed by atoms with E-state index in [4.69, 9.17) is 29.2 Å². The molecule has 3 aromatic rings. The first-order valence-electron chi connectivity index (χ1n) is 12.9. The van der Waals surface area contributed by atoms with Crippen molar-refractivity contribution in [2.24, 2.45) is 0 Å². The van der Waals surface area contributed by atoms with Crippen LogP contribution >= 0.6 is 0 Å². The van der Waals surface area contributed by atoms with Crippen LogP contribution in [-0.2, 0) is 14.2 Å².